The summed E-state index contributed by atoms with van der Waals surface area (Å²) < 4.78 is 8.29. The number of amides is 1. The van der Waals surface area contributed by atoms with Crippen LogP contribution in [0.15, 0.2) is 58.8 Å². The van der Waals surface area contributed by atoms with Crippen LogP contribution in [0.3, 0.4) is 0 Å². The average molecular weight is 400 g/mol. The number of halogens is 1. The molecule has 5 heteroatoms. The fourth-order valence-electron chi connectivity index (χ4n) is 2.57. The standard InChI is InChI=1S/C20H19BrN2O2/c1-20(2,3)25-19(24)22-17-12-15-10-7-11-16(21)18(15)23(17)13-14-8-5-4-6-9-14/h4-13H,1-3H3/p+1. The van der Waals surface area contributed by atoms with Crippen LogP contribution in [0.5, 0.6) is 0 Å². The number of hydrogen-bond acceptors (Lipinski definition) is 2. The summed E-state index contributed by atoms with van der Waals surface area (Å²) in [6, 6.07) is 15.9. The third-order valence-corrected chi connectivity index (χ3v) is 4.16. The first-order valence-electron chi connectivity index (χ1n) is 8.03. The van der Waals surface area contributed by atoms with Crippen LogP contribution in [-0.2, 0) is 4.74 Å². The van der Waals surface area contributed by atoms with Crippen molar-refractivity contribution in [1.82, 2.24) is 5.32 Å². The van der Waals surface area contributed by atoms with Crippen LogP contribution in [-0.4, -0.2) is 22.5 Å². The number of fused-ring (bicyclic) bond motifs is 1. The predicted octanol–water partition coefficient (Wildman–Crippen LogP) is 5.05. The minimum atomic E-state index is -0.551. The monoisotopic (exact) mass is 399 g/mol. The molecule has 0 aliphatic carbocycles. The van der Waals surface area contributed by atoms with Gasteiger partial charge in [-0.15, -0.1) is 0 Å². The summed E-state index contributed by atoms with van der Waals surface area (Å²) in [6.45, 7) is 5.53. The average Bonchev–Trinajstić information content (AvgIpc) is 2.85. The molecular weight excluding hydrogens is 380 g/mol. The molecule has 0 bridgehead atoms. The van der Waals surface area contributed by atoms with Crippen molar-refractivity contribution in [3.63, 3.8) is 0 Å². The lowest BCUT2D eigenvalue weighted by Gasteiger charge is -2.17. The first kappa shape index (κ1) is 17.4. The van der Waals surface area contributed by atoms with Crippen molar-refractivity contribution in [3.8, 4) is 0 Å². The van der Waals surface area contributed by atoms with Gasteiger partial charge in [0.25, 0.3) is 5.82 Å². The molecule has 25 heavy (non-hydrogen) atoms. The molecule has 0 unspecified atom stereocenters. The van der Waals surface area contributed by atoms with E-state index >= 15 is 0 Å². The number of ether oxygens (including phenoxy) is 1. The van der Waals surface area contributed by atoms with E-state index in [2.05, 4.69) is 21.2 Å². The molecule has 1 aliphatic heterocycles. The van der Waals surface area contributed by atoms with Gasteiger partial charge in [0.05, 0.1) is 4.47 Å². The molecule has 1 N–H and O–H groups in total. The molecule has 4 nitrogen and oxygen atoms in total. The maximum Gasteiger partial charge on any atom is 0.505 e. The van der Waals surface area contributed by atoms with Gasteiger partial charge >= 0.3 is 6.09 Å². The minimum absolute atomic E-state index is 0.478. The van der Waals surface area contributed by atoms with Crippen LogP contribution in [0.4, 0.5) is 10.5 Å². The van der Waals surface area contributed by atoms with Crippen LogP contribution in [0, 0.1) is 0 Å². The summed E-state index contributed by atoms with van der Waals surface area (Å²) >= 11 is 3.60. The van der Waals surface area contributed by atoms with E-state index in [9.17, 15) is 4.79 Å². The molecule has 1 aliphatic rings. The number of para-hydroxylation sites is 1. The van der Waals surface area contributed by atoms with Gasteiger partial charge in [-0.3, -0.25) is 0 Å². The topological polar surface area (TPSA) is 41.3 Å². The molecule has 0 saturated carbocycles. The van der Waals surface area contributed by atoms with Crippen molar-refractivity contribution in [2.75, 3.05) is 0 Å². The molecule has 0 aromatic heterocycles. The molecule has 0 fully saturated rings. The van der Waals surface area contributed by atoms with Crippen molar-refractivity contribution < 1.29 is 14.1 Å². The number of alkyl carbamates (subject to hydrolysis) is 1. The van der Waals surface area contributed by atoms with E-state index in [4.69, 9.17) is 4.74 Å². The van der Waals surface area contributed by atoms with Crippen molar-refractivity contribution in [1.29, 1.82) is 0 Å². The number of carbonyl (C=O) groups is 1. The summed E-state index contributed by atoms with van der Waals surface area (Å²) in [5.41, 5.74) is 2.48. The summed E-state index contributed by atoms with van der Waals surface area (Å²) in [4.78, 5) is 12.2. The molecule has 3 rings (SSSR count). The number of carbonyl (C=O) groups excluding carboxylic acids is 1. The van der Waals surface area contributed by atoms with E-state index in [0.717, 1.165) is 21.3 Å². The van der Waals surface area contributed by atoms with Gasteiger partial charge in [-0.2, -0.15) is 14.7 Å². The summed E-state index contributed by atoms with van der Waals surface area (Å²) in [5.74, 6) is 0.653. The fraction of sp³-hybridized carbons (Fsp3) is 0.200. The third kappa shape index (κ3) is 4.17. The number of nitrogens with zero attached hydrogens (tertiary/aromatic N) is 1. The Hall–Kier alpha value is -2.40. The van der Waals surface area contributed by atoms with Crippen molar-refractivity contribution in [2.45, 2.75) is 26.4 Å². The Morgan fingerprint density at radius 3 is 2.52 bits per heavy atom. The van der Waals surface area contributed by atoms with Crippen LogP contribution in [0.2, 0.25) is 0 Å². The highest BCUT2D eigenvalue weighted by molar-refractivity contribution is 9.10. The Kier molecular flexibility index (Phi) is 4.77. The van der Waals surface area contributed by atoms with Gasteiger partial charge in [0.2, 0.25) is 0 Å². The predicted molar refractivity (Wildman–Crippen MR) is 103 cm³/mol. The highest BCUT2D eigenvalue weighted by atomic mass is 79.9. The highest BCUT2D eigenvalue weighted by Crippen LogP contribution is 2.37. The Bertz CT molecular complexity index is 865. The maximum absolute atomic E-state index is 12.2. The van der Waals surface area contributed by atoms with Crippen molar-refractivity contribution in [3.05, 3.63) is 70.0 Å². The van der Waals surface area contributed by atoms with Crippen LogP contribution in [0.25, 0.3) is 6.08 Å². The normalized spacial score (nSPS) is 14.9. The first-order chi connectivity index (χ1) is 11.8. The third-order valence-electron chi connectivity index (χ3n) is 3.52. The highest BCUT2D eigenvalue weighted by Gasteiger charge is 2.30. The summed E-state index contributed by atoms with van der Waals surface area (Å²) in [5, 5.41) is 2.85. The zero-order chi connectivity index (χ0) is 18.0. The van der Waals surface area contributed by atoms with Crippen molar-refractivity contribution in [2.24, 2.45) is 0 Å². The second-order valence-corrected chi connectivity index (χ2v) is 7.60. The van der Waals surface area contributed by atoms with E-state index in [1.54, 1.807) is 0 Å². The lowest BCUT2D eigenvalue weighted by molar-refractivity contribution is -0.378. The summed E-state index contributed by atoms with van der Waals surface area (Å²) in [7, 11) is 0. The number of hydrogen-bond donors (Lipinski definition) is 1. The van der Waals surface area contributed by atoms with E-state index in [0.29, 0.717) is 5.82 Å². The molecule has 128 valence electrons. The van der Waals surface area contributed by atoms with Gasteiger partial charge in [-0.25, -0.2) is 0 Å². The smallest absolute Gasteiger partial charge is 0.426 e. The minimum Gasteiger partial charge on any atom is -0.426 e. The quantitative estimate of drug-likeness (QED) is 0.717. The molecule has 0 radical (unpaired) electrons. The Balaban J connectivity index is 1.98. The molecular formula is C20H20BrN2O2+. The summed E-state index contributed by atoms with van der Waals surface area (Å²) in [6.07, 6.45) is 3.44. The zero-order valence-electron chi connectivity index (χ0n) is 14.4. The number of rotatable bonds is 2. The molecule has 0 spiro atoms. The van der Waals surface area contributed by atoms with E-state index in [1.165, 1.54) is 0 Å². The van der Waals surface area contributed by atoms with Gasteiger partial charge < -0.3 is 4.74 Å². The van der Waals surface area contributed by atoms with Gasteiger partial charge in [-0.1, -0.05) is 42.5 Å². The van der Waals surface area contributed by atoms with E-state index in [1.807, 2.05) is 86.2 Å². The van der Waals surface area contributed by atoms with E-state index < -0.39 is 11.7 Å². The lowest BCUT2D eigenvalue weighted by atomic mass is 10.2. The second-order valence-electron chi connectivity index (χ2n) is 6.74. The van der Waals surface area contributed by atoms with Crippen LogP contribution in [0.1, 0.15) is 31.9 Å². The molecule has 1 amide bonds. The Morgan fingerprint density at radius 2 is 1.84 bits per heavy atom. The Morgan fingerprint density at radius 1 is 1.12 bits per heavy atom. The number of nitrogens with one attached hydrogen (secondary N) is 1. The van der Waals surface area contributed by atoms with Gasteiger partial charge in [0, 0.05) is 17.2 Å². The maximum atomic E-state index is 12.2. The van der Waals surface area contributed by atoms with Crippen LogP contribution >= 0.6 is 15.9 Å². The fourth-order valence-corrected chi connectivity index (χ4v) is 3.14. The van der Waals surface area contributed by atoms with Gasteiger partial charge in [0.15, 0.2) is 5.69 Å². The molecule has 2 aromatic rings. The largest absolute Gasteiger partial charge is 0.505 e. The molecule has 2 aromatic carbocycles. The molecule has 0 saturated heterocycles. The molecule has 1 heterocycles. The first-order valence-corrected chi connectivity index (χ1v) is 8.82. The van der Waals surface area contributed by atoms with E-state index in [-0.39, 0.29) is 0 Å². The van der Waals surface area contributed by atoms with Gasteiger partial charge in [-0.05, 0) is 42.8 Å². The van der Waals surface area contributed by atoms with Crippen LogP contribution < -0.4 is 5.32 Å². The second kappa shape index (κ2) is 6.84. The molecule has 0 atom stereocenters. The lowest BCUT2D eigenvalue weighted by Crippen LogP contribution is -2.34. The SMILES string of the molecule is CC(C)(C)OC(=O)NC1=Cc2cccc(Br)c2[N+]1=Cc1ccccc1. The van der Waals surface area contributed by atoms with Gasteiger partial charge in [0.1, 0.15) is 11.8 Å². The zero-order valence-corrected chi connectivity index (χ0v) is 16.0. The van der Waals surface area contributed by atoms with Crippen molar-refractivity contribution >= 4 is 40.0 Å². The number of benzene rings is 2. The Labute approximate surface area is 156 Å².